The highest BCUT2D eigenvalue weighted by atomic mass is 16.6. The Bertz CT molecular complexity index is 770. The van der Waals surface area contributed by atoms with Gasteiger partial charge >= 0.3 is 0 Å². The third-order valence-electron chi connectivity index (χ3n) is 3.66. The van der Waals surface area contributed by atoms with Crippen molar-refractivity contribution in [1.82, 2.24) is 14.5 Å². The van der Waals surface area contributed by atoms with Crippen LogP contribution in [-0.4, -0.2) is 54.3 Å². The molecule has 0 spiro atoms. The summed E-state index contributed by atoms with van der Waals surface area (Å²) in [5.74, 6) is 2.50. The Balaban J connectivity index is 2.15. The molecule has 1 aliphatic heterocycles. The maximum absolute atomic E-state index is 10.6. The van der Waals surface area contributed by atoms with Crippen molar-refractivity contribution in [2.24, 2.45) is 0 Å². The molecule has 4 atom stereocenters. The summed E-state index contributed by atoms with van der Waals surface area (Å²) in [7, 11) is 0. The van der Waals surface area contributed by atoms with E-state index in [0.29, 0.717) is 11.0 Å². The molecule has 0 bridgehead atoms. The number of hydrogen-bond donors (Lipinski definition) is 4. The van der Waals surface area contributed by atoms with Crippen LogP contribution in [0.4, 0.5) is 5.82 Å². The van der Waals surface area contributed by atoms with Crippen LogP contribution in [0.25, 0.3) is 11.0 Å². The highest BCUT2D eigenvalue weighted by Crippen LogP contribution is 2.39. The zero-order valence-corrected chi connectivity index (χ0v) is 10.8. The second-order valence-electron chi connectivity index (χ2n) is 4.82. The summed E-state index contributed by atoms with van der Waals surface area (Å²) in [4.78, 5) is 7.96. The lowest BCUT2D eigenvalue weighted by atomic mass is 9.95. The molecular formula is C13H14N4O4. The molecule has 3 rings (SSSR count). The number of aliphatic hydroxyl groups is 3. The monoisotopic (exact) mass is 291 g/mol. The van der Waals surface area contributed by atoms with E-state index >= 15 is 0 Å². The summed E-state index contributed by atoms with van der Waals surface area (Å²) in [6, 6.07) is 1.64. The fraction of sp³-hybridized carbons (Fsp3) is 0.385. The van der Waals surface area contributed by atoms with Gasteiger partial charge < -0.3 is 30.4 Å². The van der Waals surface area contributed by atoms with Crippen molar-refractivity contribution in [3.8, 4) is 12.3 Å². The van der Waals surface area contributed by atoms with Gasteiger partial charge in [0.05, 0.1) is 12.0 Å². The van der Waals surface area contributed by atoms with E-state index in [0.717, 1.165) is 0 Å². The van der Waals surface area contributed by atoms with Crippen molar-refractivity contribution in [2.45, 2.75) is 24.0 Å². The SMILES string of the molecule is [2H]C#C[C@]1(O)C(n2ccc3c(N)ncnc32)O[C@H](CO)[C@H]1O. The van der Waals surface area contributed by atoms with E-state index in [1.54, 1.807) is 12.3 Å². The van der Waals surface area contributed by atoms with Crippen molar-refractivity contribution in [1.29, 1.82) is 0 Å². The first-order chi connectivity index (χ1) is 10.5. The van der Waals surface area contributed by atoms with Crippen molar-refractivity contribution in [2.75, 3.05) is 12.3 Å². The van der Waals surface area contributed by atoms with Crippen LogP contribution in [0.3, 0.4) is 0 Å². The molecule has 21 heavy (non-hydrogen) atoms. The summed E-state index contributed by atoms with van der Waals surface area (Å²) >= 11 is 0. The van der Waals surface area contributed by atoms with Gasteiger partial charge in [0, 0.05) is 6.20 Å². The first kappa shape index (κ1) is 12.6. The van der Waals surface area contributed by atoms with E-state index in [2.05, 4.69) is 15.9 Å². The van der Waals surface area contributed by atoms with Gasteiger partial charge in [-0.3, -0.25) is 0 Å². The lowest BCUT2D eigenvalue weighted by Gasteiger charge is -2.26. The molecule has 0 radical (unpaired) electrons. The second-order valence-corrected chi connectivity index (χ2v) is 4.82. The molecular weight excluding hydrogens is 276 g/mol. The summed E-state index contributed by atoms with van der Waals surface area (Å²) in [6.45, 7) is -0.504. The van der Waals surface area contributed by atoms with E-state index < -0.39 is 30.6 Å². The Morgan fingerprint density at radius 1 is 1.62 bits per heavy atom. The van der Waals surface area contributed by atoms with Gasteiger partial charge in [-0.15, -0.1) is 6.40 Å². The minimum Gasteiger partial charge on any atom is -0.394 e. The standard InChI is InChI=1S/C13H14N4O4/c1-2-13(20)9(19)8(5-18)21-12(13)17-4-3-7-10(14)15-6-16-11(7)17/h1,3-4,6,8-9,12,18-20H,5H2,(H2,14,15,16)/t8-,9-,12?,13-/m1/s1/i1D. The Morgan fingerprint density at radius 3 is 3.14 bits per heavy atom. The highest BCUT2D eigenvalue weighted by Gasteiger charge is 2.55. The third-order valence-corrected chi connectivity index (χ3v) is 3.66. The average Bonchev–Trinajstić information content (AvgIpc) is 3.02. The maximum atomic E-state index is 10.6. The summed E-state index contributed by atoms with van der Waals surface area (Å²) in [5, 5.41) is 30.6. The second kappa shape index (κ2) is 4.68. The molecule has 8 heteroatoms. The van der Waals surface area contributed by atoms with Gasteiger partial charge in [0.1, 0.15) is 31.4 Å². The third kappa shape index (κ3) is 1.80. The van der Waals surface area contributed by atoms with Gasteiger partial charge in [-0.25, -0.2) is 9.97 Å². The molecule has 8 nitrogen and oxygen atoms in total. The number of nitrogens with two attached hydrogens (primary N) is 1. The van der Waals surface area contributed by atoms with E-state index in [1.165, 1.54) is 10.9 Å². The van der Waals surface area contributed by atoms with Crippen LogP contribution in [0, 0.1) is 12.3 Å². The molecule has 0 aliphatic carbocycles. The predicted molar refractivity (Wildman–Crippen MR) is 72.7 cm³/mol. The van der Waals surface area contributed by atoms with Gasteiger partial charge in [0.2, 0.25) is 0 Å². The van der Waals surface area contributed by atoms with Crippen LogP contribution in [0.1, 0.15) is 7.60 Å². The van der Waals surface area contributed by atoms with Crippen molar-refractivity contribution in [3.63, 3.8) is 0 Å². The smallest absolute Gasteiger partial charge is 0.199 e. The lowest BCUT2D eigenvalue weighted by Crippen LogP contribution is -2.45. The van der Waals surface area contributed by atoms with Gasteiger partial charge in [-0.1, -0.05) is 5.92 Å². The van der Waals surface area contributed by atoms with Gasteiger partial charge in [0.25, 0.3) is 0 Å². The Labute approximate surface area is 121 Å². The lowest BCUT2D eigenvalue weighted by molar-refractivity contribution is -0.0718. The Kier molecular flexibility index (Phi) is 2.80. The quantitative estimate of drug-likeness (QED) is 0.503. The van der Waals surface area contributed by atoms with Crippen molar-refractivity contribution >= 4 is 16.9 Å². The van der Waals surface area contributed by atoms with Crippen LogP contribution < -0.4 is 5.73 Å². The van der Waals surface area contributed by atoms with Crippen LogP contribution in [0.2, 0.25) is 0 Å². The van der Waals surface area contributed by atoms with Crippen LogP contribution in [-0.2, 0) is 4.74 Å². The van der Waals surface area contributed by atoms with Crippen LogP contribution in [0.5, 0.6) is 0 Å². The number of fused-ring (bicyclic) bond motifs is 1. The van der Waals surface area contributed by atoms with Crippen LogP contribution >= 0.6 is 0 Å². The fourth-order valence-electron chi connectivity index (χ4n) is 2.51. The van der Waals surface area contributed by atoms with E-state index in [4.69, 9.17) is 11.8 Å². The molecule has 0 saturated carbocycles. The number of nitrogens with zero attached hydrogens (tertiary/aromatic N) is 3. The molecule has 1 unspecified atom stereocenters. The number of ether oxygens (including phenoxy) is 1. The molecule has 0 aromatic carbocycles. The molecule has 2 aromatic rings. The molecule has 3 heterocycles. The Hall–Kier alpha value is -2.18. The summed E-state index contributed by atoms with van der Waals surface area (Å²) in [6.07, 6.45) is 0.997. The predicted octanol–water partition coefficient (Wildman–Crippen LogP) is -1.37. The number of rotatable bonds is 2. The minimum absolute atomic E-state index is 0.260. The molecule has 1 saturated heterocycles. The summed E-state index contributed by atoms with van der Waals surface area (Å²) in [5.41, 5.74) is 4.09. The number of anilines is 1. The number of aliphatic hydroxyl groups excluding tert-OH is 2. The van der Waals surface area contributed by atoms with Gasteiger partial charge in [0.15, 0.2) is 11.8 Å². The van der Waals surface area contributed by atoms with Gasteiger partial charge in [-0.05, 0) is 6.07 Å². The van der Waals surface area contributed by atoms with E-state index in [1.807, 2.05) is 6.40 Å². The molecule has 1 fully saturated rings. The molecule has 0 amide bonds. The van der Waals surface area contributed by atoms with Crippen molar-refractivity contribution < 1.29 is 21.4 Å². The fourth-order valence-corrected chi connectivity index (χ4v) is 2.51. The molecule has 5 N–H and O–H groups in total. The molecule has 110 valence electrons. The summed E-state index contributed by atoms with van der Waals surface area (Å²) < 4.78 is 14.0. The first-order valence-corrected chi connectivity index (χ1v) is 6.20. The number of aromatic nitrogens is 3. The Morgan fingerprint density at radius 2 is 2.43 bits per heavy atom. The van der Waals surface area contributed by atoms with Crippen LogP contribution in [0.15, 0.2) is 18.6 Å². The average molecular weight is 291 g/mol. The topological polar surface area (TPSA) is 127 Å². The molecule has 2 aromatic heterocycles. The largest absolute Gasteiger partial charge is 0.394 e. The first-order valence-electron chi connectivity index (χ1n) is 6.70. The number of nitrogen functional groups attached to an aromatic ring is 1. The highest BCUT2D eigenvalue weighted by molar-refractivity contribution is 5.86. The molecule has 1 aliphatic rings. The van der Waals surface area contributed by atoms with E-state index in [-0.39, 0.29) is 5.82 Å². The number of terminal acetylenes is 1. The zero-order valence-electron chi connectivity index (χ0n) is 11.8. The minimum atomic E-state index is -2.05. The van der Waals surface area contributed by atoms with Crippen molar-refractivity contribution in [3.05, 3.63) is 18.6 Å². The normalized spacial score (nSPS) is 32.7. The number of hydrogen-bond acceptors (Lipinski definition) is 7. The maximum Gasteiger partial charge on any atom is 0.199 e. The van der Waals surface area contributed by atoms with Gasteiger partial charge in [-0.2, -0.15) is 0 Å². The zero-order chi connectivity index (χ0) is 15.9. The van der Waals surface area contributed by atoms with E-state index in [9.17, 15) is 15.3 Å².